The molecule has 1 amide bonds. The van der Waals surface area contributed by atoms with Crippen molar-refractivity contribution in [3.05, 3.63) is 18.3 Å². The number of anilines is 2. The summed E-state index contributed by atoms with van der Waals surface area (Å²) in [6.45, 7) is 8.47. The molecule has 0 aromatic carbocycles. The minimum Gasteiger partial charge on any atom is -0.396 e. The molecule has 5 nitrogen and oxygen atoms in total. The number of nitrogens with one attached hydrogen (secondary N) is 1. The van der Waals surface area contributed by atoms with Crippen LogP contribution in [0.5, 0.6) is 0 Å². The zero-order chi connectivity index (χ0) is 17.5. The maximum Gasteiger partial charge on any atom is 0.224 e. The van der Waals surface area contributed by atoms with E-state index in [1.807, 2.05) is 12.1 Å². The van der Waals surface area contributed by atoms with E-state index in [0.717, 1.165) is 43.9 Å². The van der Waals surface area contributed by atoms with Crippen molar-refractivity contribution in [1.82, 2.24) is 4.98 Å². The van der Waals surface area contributed by atoms with E-state index >= 15 is 0 Å². The summed E-state index contributed by atoms with van der Waals surface area (Å²) < 4.78 is 0. The zero-order valence-electron chi connectivity index (χ0n) is 15.2. The van der Waals surface area contributed by atoms with E-state index in [1.165, 1.54) is 0 Å². The van der Waals surface area contributed by atoms with E-state index in [2.05, 4.69) is 36.0 Å². The molecule has 1 aromatic heterocycles. The van der Waals surface area contributed by atoms with Gasteiger partial charge in [0.2, 0.25) is 5.91 Å². The molecule has 134 valence electrons. The minimum atomic E-state index is 0.0649. The smallest absolute Gasteiger partial charge is 0.224 e. The number of carbonyl (C=O) groups is 1. The Morgan fingerprint density at radius 2 is 2.12 bits per heavy atom. The second-order valence-corrected chi connectivity index (χ2v) is 7.15. The Hall–Kier alpha value is -1.62. The highest BCUT2D eigenvalue weighted by molar-refractivity contribution is 5.93. The average Bonchev–Trinajstić information content (AvgIpc) is 2.60. The van der Waals surface area contributed by atoms with Crippen LogP contribution in [-0.2, 0) is 4.79 Å². The van der Waals surface area contributed by atoms with Crippen LogP contribution in [-0.4, -0.2) is 35.7 Å². The predicted octanol–water partition coefficient (Wildman–Crippen LogP) is 3.30. The standard InChI is InChI=1S/C19H31N3O2/c1-4-16(14(2)3)12-18(24)21-17-6-5-9-20-19(17)22-10-7-15(13-23)8-11-22/h5-6,9,14-16,23H,4,7-8,10-13H2,1-3H3,(H,21,24). The number of hydrogen-bond acceptors (Lipinski definition) is 4. The van der Waals surface area contributed by atoms with Gasteiger partial charge in [-0.25, -0.2) is 4.98 Å². The lowest BCUT2D eigenvalue weighted by atomic mass is 9.90. The Morgan fingerprint density at radius 1 is 1.42 bits per heavy atom. The van der Waals surface area contributed by atoms with Crippen LogP contribution < -0.4 is 10.2 Å². The van der Waals surface area contributed by atoms with Crippen LogP contribution in [0, 0.1) is 17.8 Å². The van der Waals surface area contributed by atoms with Crippen molar-refractivity contribution in [2.75, 3.05) is 29.9 Å². The molecular weight excluding hydrogens is 302 g/mol. The first-order chi connectivity index (χ1) is 11.5. The summed E-state index contributed by atoms with van der Waals surface area (Å²) in [7, 11) is 0. The number of amides is 1. The van der Waals surface area contributed by atoms with Gasteiger partial charge in [0.05, 0.1) is 5.69 Å². The van der Waals surface area contributed by atoms with Crippen molar-refractivity contribution in [2.24, 2.45) is 17.8 Å². The lowest BCUT2D eigenvalue weighted by Gasteiger charge is -2.33. The number of pyridine rings is 1. The van der Waals surface area contributed by atoms with Crippen molar-refractivity contribution < 1.29 is 9.90 Å². The molecule has 0 aliphatic carbocycles. The van der Waals surface area contributed by atoms with E-state index in [-0.39, 0.29) is 12.5 Å². The average molecular weight is 333 g/mol. The highest BCUT2D eigenvalue weighted by atomic mass is 16.3. The molecule has 0 bridgehead atoms. The van der Waals surface area contributed by atoms with Crippen LogP contribution >= 0.6 is 0 Å². The molecule has 1 atom stereocenters. The number of carbonyl (C=O) groups excluding carboxylic acids is 1. The molecular formula is C19H31N3O2. The third-order valence-electron chi connectivity index (χ3n) is 5.15. The van der Waals surface area contributed by atoms with Gasteiger partial charge in [-0.3, -0.25) is 4.79 Å². The summed E-state index contributed by atoms with van der Waals surface area (Å²) in [5, 5.41) is 12.3. The van der Waals surface area contributed by atoms with Crippen LogP contribution in [0.2, 0.25) is 0 Å². The molecule has 24 heavy (non-hydrogen) atoms. The number of aliphatic hydroxyl groups excluding tert-OH is 1. The lowest BCUT2D eigenvalue weighted by Crippen LogP contribution is -2.36. The second-order valence-electron chi connectivity index (χ2n) is 7.15. The number of hydrogen-bond donors (Lipinski definition) is 2. The van der Waals surface area contributed by atoms with Crippen molar-refractivity contribution in [2.45, 2.75) is 46.5 Å². The molecule has 1 aromatic rings. The number of rotatable bonds is 7. The summed E-state index contributed by atoms with van der Waals surface area (Å²) in [4.78, 5) is 19.1. The summed E-state index contributed by atoms with van der Waals surface area (Å²) in [6, 6.07) is 3.79. The Labute approximate surface area is 145 Å². The summed E-state index contributed by atoms with van der Waals surface area (Å²) in [5.41, 5.74) is 0.795. The first-order valence-electron chi connectivity index (χ1n) is 9.15. The normalized spacial score (nSPS) is 17.1. The maximum absolute atomic E-state index is 12.4. The van der Waals surface area contributed by atoms with Crippen LogP contribution in [0.15, 0.2) is 18.3 Å². The molecule has 0 spiro atoms. The summed E-state index contributed by atoms with van der Waals surface area (Å²) >= 11 is 0. The van der Waals surface area contributed by atoms with E-state index in [0.29, 0.717) is 24.2 Å². The first kappa shape index (κ1) is 18.7. The van der Waals surface area contributed by atoms with Gasteiger partial charge in [0.25, 0.3) is 0 Å². The van der Waals surface area contributed by atoms with E-state index < -0.39 is 0 Å². The Morgan fingerprint density at radius 3 is 2.71 bits per heavy atom. The van der Waals surface area contributed by atoms with Crippen LogP contribution in [0.25, 0.3) is 0 Å². The molecule has 0 radical (unpaired) electrons. The molecule has 5 heteroatoms. The SMILES string of the molecule is CCC(CC(=O)Nc1cccnc1N1CCC(CO)CC1)C(C)C. The highest BCUT2D eigenvalue weighted by Gasteiger charge is 2.22. The minimum absolute atomic E-state index is 0.0649. The van der Waals surface area contributed by atoms with Gasteiger partial charge in [0, 0.05) is 32.3 Å². The van der Waals surface area contributed by atoms with Crippen molar-refractivity contribution in [3.63, 3.8) is 0 Å². The third kappa shape index (κ3) is 4.94. The maximum atomic E-state index is 12.4. The highest BCUT2D eigenvalue weighted by Crippen LogP contribution is 2.28. The summed E-state index contributed by atoms with van der Waals surface area (Å²) in [5.74, 6) is 2.21. The van der Waals surface area contributed by atoms with Gasteiger partial charge in [-0.15, -0.1) is 0 Å². The fourth-order valence-electron chi connectivity index (χ4n) is 3.36. The lowest BCUT2D eigenvalue weighted by molar-refractivity contribution is -0.117. The fourth-order valence-corrected chi connectivity index (χ4v) is 3.36. The van der Waals surface area contributed by atoms with Gasteiger partial charge in [-0.2, -0.15) is 0 Å². The second kappa shape index (κ2) is 9.02. The van der Waals surface area contributed by atoms with Gasteiger partial charge in [0.1, 0.15) is 0 Å². The van der Waals surface area contributed by atoms with E-state index in [4.69, 9.17) is 0 Å². The van der Waals surface area contributed by atoms with Gasteiger partial charge < -0.3 is 15.3 Å². The first-order valence-corrected chi connectivity index (χ1v) is 9.15. The molecule has 2 heterocycles. The Balaban J connectivity index is 2.02. The fraction of sp³-hybridized carbons (Fsp3) is 0.684. The van der Waals surface area contributed by atoms with E-state index in [9.17, 15) is 9.90 Å². The van der Waals surface area contributed by atoms with Gasteiger partial charge >= 0.3 is 0 Å². The van der Waals surface area contributed by atoms with Crippen molar-refractivity contribution in [3.8, 4) is 0 Å². The zero-order valence-corrected chi connectivity index (χ0v) is 15.2. The molecule has 2 rings (SSSR count). The van der Waals surface area contributed by atoms with Gasteiger partial charge in [0.15, 0.2) is 5.82 Å². The molecule has 1 aliphatic heterocycles. The largest absolute Gasteiger partial charge is 0.396 e. The van der Waals surface area contributed by atoms with Crippen LogP contribution in [0.3, 0.4) is 0 Å². The number of nitrogens with zero attached hydrogens (tertiary/aromatic N) is 2. The molecule has 1 unspecified atom stereocenters. The predicted molar refractivity (Wildman–Crippen MR) is 98.1 cm³/mol. The monoisotopic (exact) mass is 333 g/mol. The Kier molecular flexibility index (Phi) is 7.03. The topological polar surface area (TPSA) is 65.5 Å². The van der Waals surface area contributed by atoms with Crippen molar-refractivity contribution in [1.29, 1.82) is 0 Å². The van der Waals surface area contributed by atoms with Crippen molar-refractivity contribution >= 4 is 17.4 Å². The van der Waals surface area contributed by atoms with Crippen LogP contribution in [0.4, 0.5) is 11.5 Å². The number of aromatic nitrogens is 1. The molecule has 1 saturated heterocycles. The quantitative estimate of drug-likeness (QED) is 0.803. The Bertz CT molecular complexity index is 525. The summed E-state index contributed by atoms with van der Waals surface area (Å²) in [6.07, 6.45) is 5.26. The number of aliphatic hydroxyl groups is 1. The molecule has 2 N–H and O–H groups in total. The van der Waals surface area contributed by atoms with Gasteiger partial charge in [-0.05, 0) is 42.7 Å². The van der Waals surface area contributed by atoms with E-state index in [1.54, 1.807) is 6.20 Å². The van der Waals surface area contributed by atoms with Crippen LogP contribution in [0.1, 0.15) is 46.5 Å². The number of piperidine rings is 1. The molecule has 1 fully saturated rings. The molecule has 1 aliphatic rings. The van der Waals surface area contributed by atoms with Gasteiger partial charge in [-0.1, -0.05) is 27.2 Å². The third-order valence-corrected chi connectivity index (χ3v) is 5.15. The molecule has 0 saturated carbocycles.